The molecule has 8 heteroatoms. The molecular formula is C15H26N6O2. The molecule has 0 aliphatic heterocycles. The summed E-state index contributed by atoms with van der Waals surface area (Å²) in [5.41, 5.74) is 5.72. The first-order chi connectivity index (χ1) is 10.6. The summed E-state index contributed by atoms with van der Waals surface area (Å²) >= 11 is 0. The number of hydrogen-bond donors (Lipinski definition) is 3. The SMILES string of the molecule is CC(C)Cn1nc(NCCNC(=O)OC(C)(C)C)c(C#N)c1N. The zero-order chi connectivity index (χ0) is 17.6. The van der Waals surface area contributed by atoms with Crippen LogP contribution in [-0.2, 0) is 11.3 Å². The highest BCUT2D eigenvalue weighted by Crippen LogP contribution is 2.21. The molecule has 0 aliphatic carbocycles. The summed E-state index contributed by atoms with van der Waals surface area (Å²) in [7, 11) is 0. The lowest BCUT2D eigenvalue weighted by Crippen LogP contribution is -2.35. The summed E-state index contributed by atoms with van der Waals surface area (Å²) in [4.78, 5) is 11.5. The summed E-state index contributed by atoms with van der Waals surface area (Å²) in [6, 6.07) is 2.06. The zero-order valence-electron chi connectivity index (χ0n) is 14.4. The van der Waals surface area contributed by atoms with Crippen LogP contribution in [0.3, 0.4) is 0 Å². The summed E-state index contributed by atoms with van der Waals surface area (Å²) in [5.74, 6) is 1.14. The van der Waals surface area contributed by atoms with Crippen molar-refractivity contribution in [3.8, 4) is 6.07 Å². The van der Waals surface area contributed by atoms with Crippen molar-refractivity contribution >= 4 is 17.7 Å². The first kappa shape index (κ1) is 18.6. The Morgan fingerprint density at radius 1 is 1.43 bits per heavy atom. The van der Waals surface area contributed by atoms with E-state index in [9.17, 15) is 10.1 Å². The van der Waals surface area contributed by atoms with Gasteiger partial charge in [-0.05, 0) is 26.7 Å². The standard InChI is InChI=1S/C15H26N6O2/c1-10(2)9-21-12(17)11(8-16)13(20-21)18-6-7-19-14(22)23-15(3,4)5/h10H,6-7,9,17H2,1-5H3,(H,18,20)(H,19,22). The first-order valence-corrected chi connectivity index (χ1v) is 7.61. The molecule has 0 aromatic carbocycles. The topological polar surface area (TPSA) is 118 Å². The van der Waals surface area contributed by atoms with Gasteiger partial charge < -0.3 is 21.1 Å². The van der Waals surface area contributed by atoms with E-state index in [1.54, 1.807) is 25.5 Å². The van der Waals surface area contributed by atoms with Crippen molar-refractivity contribution < 1.29 is 9.53 Å². The molecule has 1 rings (SSSR count). The van der Waals surface area contributed by atoms with Gasteiger partial charge in [-0.1, -0.05) is 13.8 Å². The van der Waals surface area contributed by atoms with Crippen LogP contribution in [0.5, 0.6) is 0 Å². The minimum atomic E-state index is -0.532. The highest BCUT2D eigenvalue weighted by Gasteiger charge is 2.17. The van der Waals surface area contributed by atoms with Crippen LogP contribution in [0.4, 0.5) is 16.4 Å². The van der Waals surface area contributed by atoms with Crippen molar-refractivity contribution in [3.05, 3.63) is 5.56 Å². The van der Waals surface area contributed by atoms with Crippen molar-refractivity contribution in [1.82, 2.24) is 15.1 Å². The van der Waals surface area contributed by atoms with Crippen LogP contribution in [0.2, 0.25) is 0 Å². The number of rotatable bonds is 6. The van der Waals surface area contributed by atoms with Gasteiger partial charge in [0.15, 0.2) is 5.82 Å². The van der Waals surface area contributed by atoms with Gasteiger partial charge in [0.05, 0.1) is 0 Å². The average molecular weight is 322 g/mol. The molecule has 0 fully saturated rings. The van der Waals surface area contributed by atoms with Gasteiger partial charge in [0.1, 0.15) is 23.1 Å². The highest BCUT2D eigenvalue weighted by atomic mass is 16.6. The molecule has 0 bridgehead atoms. The summed E-state index contributed by atoms with van der Waals surface area (Å²) < 4.78 is 6.75. The van der Waals surface area contributed by atoms with Gasteiger partial charge in [0.25, 0.3) is 0 Å². The smallest absolute Gasteiger partial charge is 0.407 e. The second kappa shape index (κ2) is 7.72. The lowest BCUT2D eigenvalue weighted by molar-refractivity contribution is 0.0530. The number of nitrogens with two attached hydrogens (primary N) is 1. The fourth-order valence-corrected chi connectivity index (χ4v) is 1.85. The molecule has 0 unspecified atom stereocenters. The largest absolute Gasteiger partial charge is 0.444 e. The zero-order valence-corrected chi connectivity index (χ0v) is 14.4. The number of hydrogen-bond acceptors (Lipinski definition) is 6. The summed E-state index contributed by atoms with van der Waals surface area (Å²) in [6.45, 7) is 10.9. The van der Waals surface area contributed by atoms with Gasteiger partial charge in [0, 0.05) is 19.6 Å². The third-order valence-electron chi connectivity index (χ3n) is 2.73. The molecule has 0 saturated heterocycles. The fraction of sp³-hybridized carbons (Fsp3) is 0.667. The molecule has 1 amide bonds. The van der Waals surface area contributed by atoms with E-state index in [4.69, 9.17) is 10.5 Å². The molecule has 4 N–H and O–H groups in total. The van der Waals surface area contributed by atoms with Crippen molar-refractivity contribution in [2.75, 3.05) is 24.1 Å². The number of aromatic nitrogens is 2. The molecule has 23 heavy (non-hydrogen) atoms. The Balaban J connectivity index is 2.55. The molecule has 1 aromatic heterocycles. The number of ether oxygens (including phenoxy) is 1. The number of nitriles is 1. The molecule has 0 aliphatic rings. The number of nitrogen functional groups attached to an aromatic ring is 1. The Labute approximate surface area is 137 Å². The van der Waals surface area contributed by atoms with Crippen LogP contribution >= 0.6 is 0 Å². The van der Waals surface area contributed by atoms with E-state index >= 15 is 0 Å². The second-order valence-electron chi connectivity index (χ2n) is 6.65. The molecule has 0 saturated carbocycles. The van der Waals surface area contributed by atoms with E-state index in [0.717, 1.165) is 0 Å². The number of anilines is 2. The summed E-state index contributed by atoms with van der Waals surface area (Å²) in [5, 5.41) is 19.2. The number of carbonyl (C=O) groups is 1. The van der Waals surface area contributed by atoms with Crippen LogP contribution in [0, 0.1) is 17.2 Å². The number of carbonyl (C=O) groups excluding carboxylic acids is 1. The predicted octanol–water partition coefficient (Wildman–Crippen LogP) is 1.93. The quantitative estimate of drug-likeness (QED) is 0.689. The van der Waals surface area contributed by atoms with Gasteiger partial charge in [-0.25, -0.2) is 9.48 Å². The molecule has 1 heterocycles. The van der Waals surface area contributed by atoms with E-state index in [-0.39, 0.29) is 0 Å². The Bertz CT molecular complexity index is 580. The Kier molecular flexibility index (Phi) is 6.25. The van der Waals surface area contributed by atoms with Crippen molar-refractivity contribution in [2.24, 2.45) is 5.92 Å². The van der Waals surface area contributed by atoms with Crippen LogP contribution in [-0.4, -0.2) is 34.6 Å². The van der Waals surface area contributed by atoms with Gasteiger partial charge in [-0.3, -0.25) is 0 Å². The minimum absolute atomic E-state index is 0.322. The number of nitrogens with one attached hydrogen (secondary N) is 2. The van der Waals surface area contributed by atoms with Crippen LogP contribution in [0.15, 0.2) is 0 Å². The molecule has 0 spiro atoms. The van der Waals surface area contributed by atoms with Gasteiger partial charge in [0.2, 0.25) is 0 Å². The van der Waals surface area contributed by atoms with Crippen molar-refractivity contribution in [1.29, 1.82) is 5.26 Å². The second-order valence-corrected chi connectivity index (χ2v) is 6.65. The molecule has 8 nitrogen and oxygen atoms in total. The van der Waals surface area contributed by atoms with Crippen LogP contribution in [0.1, 0.15) is 40.2 Å². The maximum Gasteiger partial charge on any atom is 0.407 e. The third-order valence-corrected chi connectivity index (χ3v) is 2.73. The monoisotopic (exact) mass is 322 g/mol. The lowest BCUT2D eigenvalue weighted by atomic mass is 10.2. The van der Waals surface area contributed by atoms with Gasteiger partial charge in [-0.15, -0.1) is 0 Å². The predicted molar refractivity (Wildman–Crippen MR) is 88.9 cm³/mol. The first-order valence-electron chi connectivity index (χ1n) is 7.61. The highest BCUT2D eigenvalue weighted by molar-refractivity contribution is 5.68. The number of amides is 1. The van der Waals surface area contributed by atoms with Crippen molar-refractivity contribution in [3.63, 3.8) is 0 Å². The molecule has 1 aromatic rings. The molecule has 0 radical (unpaired) electrons. The van der Waals surface area contributed by atoms with Crippen molar-refractivity contribution in [2.45, 2.75) is 46.8 Å². The number of alkyl carbamates (subject to hydrolysis) is 1. The Morgan fingerprint density at radius 3 is 2.61 bits per heavy atom. The van der Waals surface area contributed by atoms with Crippen LogP contribution in [0.25, 0.3) is 0 Å². The number of nitrogens with zero attached hydrogens (tertiary/aromatic N) is 3. The third kappa shape index (κ3) is 6.06. The Hall–Kier alpha value is -2.43. The van der Waals surface area contributed by atoms with E-state index in [0.29, 0.717) is 42.8 Å². The van der Waals surface area contributed by atoms with E-state index in [1.807, 2.05) is 13.8 Å². The fourth-order valence-electron chi connectivity index (χ4n) is 1.85. The minimum Gasteiger partial charge on any atom is -0.444 e. The maximum absolute atomic E-state index is 11.5. The average Bonchev–Trinajstić information content (AvgIpc) is 2.68. The molecule has 0 atom stereocenters. The molecular weight excluding hydrogens is 296 g/mol. The Morgan fingerprint density at radius 2 is 2.09 bits per heavy atom. The van der Waals surface area contributed by atoms with Gasteiger partial charge >= 0.3 is 6.09 Å². The van der Waals surface area contributed by atoms with E-state index < -0.39 is 11.7 Å². The molecule has 128 valence electrons. The maximum atomic E-state index is 11.5. The van der Waals surface area contributed by atoms with E-state index in [1.165, 1.54) is 0 Å². The van der Waals surface area contributed by atoms with Crippen LogP contribution < -0.4 is 16.4 Å². The normalized spacial score (nSPS) is 11.2. The lowest BCUT2D eigenvalue weighted by Gasteiger charge is -2.19. The van der Waals surface area contributed by atoms with E-state index in [2.05, 4.69) is 21.8 Å². The van der Waals surface area contributed by atoms with Gasteiger partial charge in [-0.2, -0.15) is 10.4 Å². The summed E-state index contributed by atoms with van der Waals surface area (Å²) in [6.07, 6.45) is -0.482.